The summed E-state index contributed by atoms with van der Waals surface area (Å²) in [5.74, 6) is -0.128. The number of aryl methyl sites for hydroxylation is 1. The maximum Gasteiger partial charge on any atom is 0.266 e. The van der Waals surface area contributed by atoms with Crippen LogP contribution in [0.1, 0.15) is 46.9 Å². The number of nitrogens with one attached hydrogen (secondary N) is 2. The van der Waals surface area contributed by atoms with Crippen LogP contribution in [0.25, 0.3) is 0 Å². The molecule has 1 atom stereocenters. The van der Waals surface area contributed by atoms with Crippen molar-refractivity contribution in [2.24, 2.45) is 0 Å². The van der Waals surface area contributed by atoms with Crippen molar-refractivity contribution in [3.05, 3.63) is 50.7 Å². The van der Waals surface area contributed by atoms with E-state index in [0.717, 1.165) is 30.5 Å². The highest BCUT2D eigenvalue weighted by Crippen LogP contribution is 2.32. The first-order valence-electron chi connectivity index (χ1n) is 7.27. The molecular formula is C15H17ClN4O2. The van der Waals surface area contributed by atoms with Crippen LogP contribution in [-0.2, 0) is 0 Å². The number of hydrogen-bond donors (Lipinski definition) is 2. The Morgan fingerprint density at radius 2 is 2.27 bits per heavy atom. The lowest BCUT2D eigenvalue weighted by molar-refractivity contribution is 0.0605. The highest BCUT2D eigenvalue weighted by Gasteiger charge is 2.30. The van der Waals surface area contributed by atoms with Gasteiger partial charge in [0.05, 0.1) is 23.5 Å². The Kier molecular flexibility index (Phi) is 4.02. The van der Waals surface area contributed by atoms with Crippen LogP contribution in [0, 0.1) is 6.92 Å². The number of hydrogen-bond acceptors (Lipinski definition) is 3. The molecule has 1 fully saturated rings. The summed E-state index contributed by atoms with van der Waals surface area (Å²) in [6, 6.07) is 1.41. The van der Waals surface area contributed by atoms with Gasteiger partial charge in [-0.05, 0) is 37.8 Å². The number of aromatic amines is 2. The fourth-order valence-corrected chi connectivity index (χ4v) is 3.09. The van der Waals surface area contributed by atoms with Crippen molar-refractivity contribution in [1.29, 1.82) is 0 Å². The van der Waals surface area contributed by atoms with E-state index in [1.807, 2.05) is 11.8 Å². The lowest BCUT2D eigenvalue weighted by atomic mass is 9.96. The predicted molar refractivity (Wildman–Crippen MR) is 83.0 cm³/mol. The molecule has 0 radical (unpaired) electrons. The summed E-state index contributed by atoms with van der Waals surface area (Å²) in [5.41, 5.74) is 2.03. The summed E-state index contributed by atoms with van der Waals surface area (Å²) in [5, 5.41) is 7.09. The SMILES string of the molecule is Cc1cn[nH]c1[C@@H]1CCCCN1C(=O)c1c[nH]c(=O)c(Cl)c1. The Labute approximate surface area is 132 Å². The van der Waals surface area contributed by atoms with E-state index in [-0.39, 0.29) is 17.0 Å². The number of likely N-dealkylation sites (tertiary alicyclic amines) is 1. The van der Waals surface area contributed by atoms with E-state index in [1.54, 1.807) is 6.20 Å². The molecule has 2 aromatic heterocycles. The van der Waals surface area contributed by atoms with Gasteiger partial charge < -0.3 is 9.88 Å². The van der Waals surface area contributed by atoms with Gasteiger partial charge in [-0.25, -0.2) is 0 Å². The minimum absolute atomic E-state index is 0.0190. The van der Waals surface area contributed by atoms with Gasteiger partial charge in [-0.15, -0.1) is 0 Å². The number of amides is 1. The fourth-order valence-electron chi connectivity index (χ4n) is 2.91. The van der Waals surface area contributed by atoms with E-state index in [4.69, 9.17) is 11.6 Å². The first-order chi connectivity index (χ1) is 10.6. The Hall–Kier alpha value is -2.08. The molecular weight excluding hydrogens is 304 g/mol. The molecule has 1 saturated heterocycles. The van der Waals surface area contributed by atoms with Crippen LogP contribution < -0.4 is 5.56 Å². The second-order valence-electron chi connectivity index (χ2n) is 5.54. The zero-order valence-electron chi connectivity index (χ0n) is 12.2. The second-order valence-corrected chi connectivity index (χ2v) is 5.95. The van der Waals surface area contributed by atoms with Gasteiger partial charge in [-0.2, -0.15) is 5.10 Å². The van der Waals surface area contributed by atoms with Crippen LogP contribution in [-0.4, -0.2) is 32.5 Å². The standard InChI is InChI=1S/C15H17ClN4O2/c1-9-7-18-19-13(9)12-4-2-3-5-20(12)15(22)10-6-11(16)14(21)17-8-10/h6-8,12H,2-5H2,1H3,(H,17,21)(H,18,19)/t12-/m0/s1. The molecule has 1 aliphatic rings. The van der Waals surface area contributed by atoms with E-state index < -0.39 is 5.56 Å². The maximum absolute atomic E-state index is 12.8. The Balaban J connectivity index is 1.93. The number of H-pyrrole nitrogens is 2. The summed E-state index contributed by atoms with van der Waals surface area (Å²) in [7, 11) is 0. The number of carbonyl (C=O) groups excluding carboxylic acids is 1. The average molecular weight is 321 g/mol. The zero-order chi connectivity index (χ0) is 15.7. The molecule has 2 N–H and O–H groups in total. The molecule has 22 heavy (non-hydrogen) atoms. The van der Waals surface area contributed by atoms with E-state index >= 15 is 0 Å². The number of nitrogens with zero attached hydrogens (tertiary/aromatic N) is 2. The van der Waals surface area contributed by atoms with Gasteiger partial charge in [0.1, 0.15) is 5.02 Å². The highest BCUT2D eigenvalue weighted by molar-refractivity contribution is 6.30. The van der Waals surface area contributed by atoms with Gasteiger partial charge in [0.2, 0.25) is 0 Å². The highest BCUT2D eigenvalue weighted by atomic mass is 35.5. The van der Waals surface area contributed by atoms with Crippen LogP contribution in [0.5, 0.6) is 0 Å². The molecule has 2 aromatic rings. The summed E-state index contributed by atoms with van der Waals surface area (Å²) < 4.78 is 0. The number of pyridine rings is 1. The van der Waals surface area contributed by atoms with Crippen molar-refractivity contribution in [3.63, 3.8) is 0 Å². The molecule has 3 rings (SSSR count). The molecule has 7 heteroatoms. The summed E-state index contributed by atoms with van der Waals surface area (Å²) in [6.45, 7) is 2.66. The topological polar surface area (TPSA) is 81.8 Å². The molecule has 3 heterocycles. The lowest BCUT2D eigenvalue weighted by Gasteiger charge is -2.35. The number of halogens is 1. The second kappa shape index (κ2) is 5.96. The van der Waals surface area contributed by atoms with Gasteiger partial charge in [0.25, 0.3) is 11.5 Å². The lowest BCUT2D eigenvalue weighted by Crippen LogP contribution is -2.39. The number of aromatic nitrogens is 3. The van der Waals surface area contributed by atoms with Gasteiger partial charge in [0, 0.05) is 12.7 Å². The molecule has 1 aliphatic heterocycles. The van der Waals surface area contributed by atoms with Gasteiger partial charge >= 0.3 is 0 Å². The first kappa shape index (κ1) is 14.8. The minimum atomic E-state index is -0.391. The smallest absolute Gasteiger partial charge is 0.266 e. The molecule has 0 aromatic carbocycles. The molecule has 0 spiro atoms. The first-order valence-corrected chi connectivity index (χ1v) is 7.65. The van der Waals surface area contributed by atoms with Crippen LogP contribution in [0.4, 0.5) is 0 Å². The van der Waals surface area contributed by atoms with Gasteiger partial charge in [-0.1, -0.05) is 11.6 Å². The fraction of sp³-hybridized carbons (Fsp3) is 0.400. The summed E-state index contributed by atoms with van der Waals surface area (Å²) >= 11 is 5.83. The molecule has 0 aliphatic carbocycles. The minimum Gasteiger partial charge on any atom is -0.330 e. The molecule has 6 nitrogen and oxygen atoms in total. The third-order valence-corrected chi connectivity index (χ3v) is 4.35. The van der Waals surface area contributed by atoms with Crippen molar-refractivity contribution in [2.75, 3.05) is 6.54 Å². The predicted octanol–water partition coefficient (Wildman–Crippen LogP) is 2.43. The zero-order valence-corrected chi connectivity index (χ0v) is 13.0. The third-order valence-electron chi connectivity index (χ3n) is 4.07. The van der Waals surface area contributed by atoms with Gasteiger partial charge in [0.15, 0.2) is 0 Å². The molecule has 116 valence electrons. The van der Waals surface area contributed by atoms with Crippen molar-refractivity contribution >= 4 is 17.5 Å². The van der Waals surface area contributed by atoms with Crippen LogP contribution in [0.3, 0.4) is 0 Å². The van der Waals surface area contributed by atoms with E-state index in [2.05, 4.69) is 15.2 Å². The monoisotopic (exact) mass is 320 g/mol. The van der Waals surface area contributed by atoms with Gasteiger partial charge in [-0.3, -0.25) is 14.7 Å². The van der Waals surface area contributed by atoms with E-state index in [9.17, 15) is 9.59 Å². The molecule has 1 amide bonds. The summed E-state index contributed by atoms with van der Waals surface area (Å²) in [6.07, 6.45) is 6.11. The number of rotatable bonds is 2. The normalized spacial score (nSPS) is 18.5. The van der Waals surface area contributed by atoms with Crippen LogP contribution in [0.2, 0.25) is 5.02 Å². The molecule has 0 saturated carbocycles. The average Bonchev–Trinajstić information content (AvgIpc) is 2.95. The summed E-state index contributed by atoms with van der Waals surface area (Å²) in [4.78, 5) is 28.5. The van der Waals surface area contributed by atoms with E-state index in [1.165, 1.54) is 12.3 Å². The van der Waals surface area contributed by atoms with Crippen molar-refractivity contribution in [1.82, 2.24) is 20.1 Å². The number of piperidine rings is 1. The Morgan fingerprint density at radius 3 is 2.95 bits per heavy atom. The van der Waals surface area contributed by atoms with Crippen molar-refractivity contribution in [3.8, 4) is 0 Å². The molecule has 0 unspecified atom stereocenters. The largest absolute Gasteiger partial charge is 0.330 e. The van der Waals surface area contributed by atoms with Crippen LogP contribution >= 0.6 is 11.6 Å². The Bertz CT molecular complexity index is 752. The van der Waals surface area contributed by atoms with Crippen molar-refractivity contribution < 1.29 is 4.79 Å². The maximum atomic E-state index is 12.8. The van der Waals surface area contributed by atoms with Crippen LogP contribution in [0.15, 0.2) is 23.3 Å². The number of carbonyl (C=O) groups is 1. The molecule has 0 bridgehead atoms. The Morgan fingerprint density at radius 1 is 1.45 bits per heavy atom. The third kappa shape index (κ3) is 2.66. The van der Waals surface area contributed by atoms with E-state index in [0.29, 0.717) is 12.1 Å². The van der Waals surface area contributed by atoms with Crippen molar-refractivity contribution in [2.45, 2.75) is 32.2 Å². The quantitative estimate of drug-likeness (QED) is 0.891.